The first-order valence-corrected chi connectivity index (χ1v) is 7.00. The second-order valence-corrected chi connectivity index (χ2v) is 5.07. The van der Waals surface area contributed by atoms with E-state index in [4.69, 9.17) is 5.84 Å². The van der Waals surface area contributed by atoms with E-state index in [9.17, 15) is 13.2 Å². The van der Waals surface area contributed by atoms with E-state index in [0.717, 1.165) is 12.1 Å². The van der Waals surface area contributed by atoms with Crippen molar-refractivity contribution in [1.29, 1.82) is 0 Å². The Morgan fingerprint density at radius 1 is 1.48 bits per heavy atom. The maximum Gasteiger partial charge on any atom is 0.411 e. The Morgan fingerprint density at radius 3 is 2.76 bits per heavy atom. The first-order valence-electron chi connectivity index (χ1n) is 7.00. The lowest BCUT2D eigenvalue weighted by atomic mass is 10.1. The molecule has 0 spiro atoms. The van der Waals surface area contributed by atoms with Crippen LogP contribution in [0.4, 0.5) is 13.2 Å². The van der Waals surface area contributed by atoms with Crippen LogP contribution in [0, 0.1) is 0 Å². The molecule has 0 aliphatic carbocycles. The number of nitrogens with zero attached hydrogens (tertiary/aromatic N) is 2. The van der Waals surface area contributed by atoms with Gasteiger partial charge in [0.15, 0.2) is 0 Å². The summed E-state index contributed by atoms with van der Waals surface area (Å²) in [6, 6.07) is 2.05. The van der Waals surface area contributed by atoms with E-state index in [-0.39, 0.29) is 12.6 Å². The lowest BCUT2D eigenvalue weighted by molar-refractivity contribution is -0.174. The molecule has 5 nitrogen and oxygen atoms in total. The molecule has 0 aliphatic rings. The van der Waals surface area contributed by atoms with Crippen LogP contribution in [0.3, 0.4) is 0 Å². The number of ether oxygens (including phenoxy) is 1. The zero-order valence-electron chi connectivity index (χ0n) is 12.4. The van der Waals surface area contributed by atoms with Gasteiger partial charge < -0.3 is 4.74 Å². The molecule has 3 N–H and O–H groups in total. The standard InChI is InChI=1S/C13H23F3N4O/c1-3-10(2)20-6-4-12(19-20)8-11(18-17)5-7-21-9-13(14,15)16/h4,6,10-11,18H,3,5,7-9,17H2,1-2H3. The first kappa shape index (κ1) is 17.9. The topological polar surface area (TPSA) is 65.1 Å². The summed E-state index contributed by atoms with van der Waals surface area (Å²) in [4.78, 5) is 0. The van der Waals surface area contributed by atoms with Crippen LogP contribution in [0.25, 0.3) is 0 Å². The molecule has 0 bridgehead atoms. The van der Waals surface area contributed by atoms with Gasteiger partial charge in [0.1, 0.15) is 6.61 Å². The van der Waals surface area contributed by atoms with Crippen molar-refractivity contribution in [2.45, 2.75) is 51.4 Å². The minimum Gasteiger partial charge on any atom is -0.372 e. The van der Waals surface area contributed by atoms with E-state index in [1.165, 1.54) is 0 Å². The molecule has 2 atom stereocenters. The van der Waals surface area contributed by atoms with E-state index in [0.29, 0.717) is 18.9 Å². The molecule has 122 valence electrons. The van der Waals surface area contributed by atoms with Gasteiger partial charge in [-0.15, -0.1) is 0 Å². The Hall–Kier alpha value is -1.12. The van der Waals surface area contributed by atoms with Crippen molar-refractivity contribution in [2.75, 3.05) is 13.2 Å². The molecule has 8 heteroatoms. The number of alkyl halides is 3. The minimum absolute atomic E-state index is 0.000444. The van der Waals surface area contributed by atoms with Crippen molar-refractivity contribution in [1.82, 2.24) is 15.2 Å². The van der Waals surface area contributed by atoms with Gasteiger partial charge in [0.2, 0.25) is 0 Å². The molecule has 21 heavy (non-hydrogen) atoms. The second kappa shape index (κ2) is 8.35. The van der Waals surface area contributed by atoms with E-state index < -0.39 is 12.8 Å². The summed E-state index contributed by atoms with van der Waals surface area (Å²) in [6.45, 7) is 2.92. The highest BCUT2D eigenvalue weighted by Gasteiger charge is 2.27. The monoisotopic (exact) mass is 308 g/mol. The first-order chi connectivity index (χ1) is 9.85. The summed E-state index contributed by atoms with van der Waals surface area (Å²) < 4.78 is 42.3. The van der Waals surface area contributed by atoms with Gasteiger partial charge in [-0.2, -0.15) is 18.3 Å². The van der Waals surface area contributed by atoms with Crippen molar-refractivity contribution in [2.24, 2.45) is 5.84 Å². The van der Waals surface area contributed by atoms with E-state index >= 15 is 0 Å². The van der Waals surface area contributed by atoms with E-state index in [1.807, 2.05) is 16.9 Å². The van der Waals surface area contributed by atoms with Crippen LogP contribution in [-0.4, -0.2) is 35.2 Å². The molecule has 0 saturated heterocycles. The third-order valence-electron chi connectivity index (χ3n) is 3.27. The smallest absolute Gasteiger partial charge is 0.372 e. The predicted octanol–water partition coefficient (Wildman–Crippen LogP) is 2.20. The van der Waals surface area contributed by atoms with Crippen LogP contribution in [0.5, 0.6) is 0 Å². The molecule has 1 aromatic heterocycles. The number of hydrogen-bond acceptors (Lipinski definition) is 4. The molecular weight excluding hydrogens is 285 g/mol. The summed E-state index contributed by atoms with van der Waals surface area (Å²) in [6.07, 6.45) is -0.471. The second-order valence-electron chi connectivity index (χ2n) is 5.07. The Labute approximate surface area is 122 Å². The lowest BCUT2D eigenvalue weighted by Crippen LogP contribution is -2.38. The fourth-order valence-corrected chi connectivity index (χ4v) is 1.83. The van der Waals surface area contributed by atoms with Crippen molar-refractivity contribution in [3.63, 3.8) is 0 Å². The number of nitrogens with one attached hydrogen (secondary N) is 1. The predicted molar refractivity (Wildman–Crippen MR) is 73.5 cm³/mol. The van der Waals surface area contributed by atoms with Crippen molar-refractivity contribution >= 4 is 0 Å². The molecule has 0 amide bonds. The van der Waals surface area contributed by atoms with Gasteiger partial charge >= 0.3 is 6.18 Å². The van der Waals surface area contributed by atoms with Crippen molar-refractivity contribution in [3.05, 3.63) is 18.0 Å². The fraction of sp³-hybridized carbons (Fsp3) is 0.769. The number of nitrogens with two attached hydrogens (primary N) is 1. The quantitative estimate of drug-likeness (QED) is 0.417. The maximum absolute atomic E-state index is 11.9. The summed E-state index contributed by atoms with van der Waals surface area (Å²) in [5.74, 6) is 5.42. The zero-order valence-corrected chi connectivity index (χ0v) is 12.4. The largest absolute Gasteiger partial charge is 0.411 e. The third-order valence-corrected chi connectivity index (χ3v) is 3.27. The molecule has 0 aromatic carbocycles. The Bertz CT molecular complexity index is 408. The Balaban J connectivity index is 2.38. The van der Waals surface area contributed by atoms with Gasteiger partial charge in [0.25, 0.3) is 0 Å². The van der Waals surface area contributed by atoms with Gasteiger partial charge in [-0.05, 0) is 25.8 Å². The van der Waals surface area contributed by atoms with Gasteiger partial charge in [-0.3, -0.25) is 16.0 Å². The van der Waals surface area contributed by atoms with Crippen LogP contribution in [0.1, 0.15) is 38.4 Å². The van der Waals surface area contributed by atoms with E-state index in [1.54, 1.807) is 0 Å². The van der Waals surface area contributed by atoms with Crippen LogP contribution >= 0.6 is 0 Å². The van der Waals surface area contributed by atoms with E-state index in [2.05, 4.69) is 29.1 Å². The van der Waals surface area contributed by atoms with Gasteiger partial charge in [-0.25, -0.2) is 0 Å². The van der Waals surface area contributed by atoms with Crippen LogP contribution in [-0.2, 0) is 11.2 Å². The average Bonchev–Trinajstić information content (AvgIpc) is 2.88. The molecule has 0 fully saturated rings. The van der Waals surface area contributed by atoms with Crippen molar-refractivity contribution in [3.8, 4) is 0 Å². The van der Waals surface area contributed by atoms with Crippen LogP contribution < -0.4 is 11.3 Å². The van der Waals surface area contributed by atoms with Crippen LogP contribution in [0.2, 0.25) is 0 Å². The Kier molecular flexibility index (Phi) is 7.13. The molecule has 0 aliphatic heterocycles. The normalized spacial score (nSPS) is 15.1. The SMILES string of the molecule is CCC(C)n1ccc(CC(CCOCC(F)(F)F)NN)n1. The molecule has 1 rings (SSSR count). The number of hydrogen-bond donors (Lipinski definition) is 2. The molecule has 1 aromatic rings. The summed E-state index contributed by atoms with van der Waals surface area (Å²) >= 11 is 0. The number of rotatable bonds is 9. The fourth-order valence-electron chi connectivity index (χ4n) is 1.83. The lowest BCUT2D eigenvalue weighted by Gasteiger charge is -2.15. The van der Waals surface area contributed by atoms with Gasteiger partial charge in [-0.1, -0.05) is 6.92 Å². The summed E-state index contributed by atoms with van der Waals surface area (Å²) in [5, 5.41) is 4.44. The highest BCUT2D eigenvalue weighted by molar-refractivity contribution is 5.02. The Morgan fingerprint density at radius 2 is 2.19 bits per heavy atom. The van der Waals surface area contributed by atoms with Crippen molar-refractivity contribution < 1.29 is 17.9 Å². The van der Waals surface area contributed by atoms with Gasteiger partial charge in [0.05, 0.1) is 5.69 Å². The molecule has 1 heterocycles. The molecular formula is C13H23F3N4O. The average molecular weight is 308 g/mol. The highest BCUT2D eigenvalue weighted by Crippen LogP contribution is 2.15. The molecule has 0 saturated carbocycles. The highest BCUT2D eigenvalue weighted by atomic mass is 19.4. The molecule has 2 unspecified atom stereocenters. The number of hydrazine groups is 1. The number of halogens is 3. The number of aromatic nitrogens is 2. The summed E-state index contributed by atoms with van der Waals surface area (Å²) in [7, 11) is 0. The molecule has 0 radical (unpaired) electrons. The van der Waals surface area contributed by atoms with Gasteiger partial charge in [0, 0.05) is 31.3 Å². The minimum atomic E-state index is -4.29. The maximum atomic E-state index is 11.9. The van der Waals surface area contributed by atoms with Crippen LogP contribution in [0.15, 0.2) is 12.3 Å². The third kappa shape index (κ3) is 6.92. The summed E-state index contributed by atoms with van der Waals surface area (Å²) in [5.41, 5.74) is 3.45. The zero-order chi connectivity index (χ0) is 15.9.